The number of rotatable bonds is 3. The molecular weight excluding hydrogens is 258 g/mol. The van der Waals surface area contributed by atoms with Gasteiger partial charge in [-0.05, 0) is 37.3 Å². The summed E-state index contributed by atoms with van der Waals surface area (Å²) in [6, 6.07) is 3.94. The Morgan fingerprint density at radius 2 is 2.16 bits per heavy atom. The number of nitrogens with zero attached hydrogens (tertiary/aromatic N) is 3. The number of imidazole rings is 1. The lowest BCUT2D eigenvalue weighted by Gasteiger charge is -2.25. The third kappa shape index (κ3) is 2.36. The average Bonchev–Trinajstić information content (AvgIpc) is 2.95. The van der Waals surface area contributed by atoms with Crippen LogP contribution in [0.15, 0.2) is 18.3 Å². The summed E-state index contributed by atoms with van der Waals surface area (Å²) in [4.78, 5) is 9.15. The molecular formula is C15H20ClN3. The first-order chi connectivity index (χ1) is 9.09. The predicted molar refractivity (Wildman–Crippen MR) is 78.4 cm³/mol. The summed E-state index contributed by atoms with van der Waals surface area (Å²) in [7, 11) is 0. The molecule has 102 valence electrons. The lowest BCUT2D eigenvalue weighted by atomic mass is 9.89. The molecule has 0 bridgehead atoms. The van der Waals surface area contributed by atoms with Crippen molar-refractivity contribution in [3.05, 3.63) is 24.2 Å². The van der Waals surface area contributed by atoms with Gasteiger partial charge < -0.3 is 4.57 Å². The molecule has 2 aromatic rings. The Hall–Kier alpha value is -1.09. The highest BCUT2D eigenvalue weighted by molar-refractivity contribution is 6.20. The number of hydrogen-bond donors (Lipinski definition) is 0. The zero-order valence-electron chi connectivity index (χ0n) is 11.6. The summed E-state index contributed by atoms with van der Waals surface area (Å²) in [6.45, 7) is 5.33. The second kappa shape index (κ2) is 4.78. The van der Waals surface area contributed by atoms with Crippen LogP contribution in [0.25, 0.3) is 11.2 Å². The Bertz CT molecular complexity index is 582. The average molecular weight is 278 g/mol. The fraction of sp³-hybridized carbons (Fsp3) is 0.600. The zero-order chi connectivity index (χ0) is 13.5. The third-order valence-electron chi connectivity index (χ3n) is 4.24. The molecule has 2 aromatic heterocycles. The van der Waals surface area contributed by atoms with E-state index in [2.05, 4.69) is 21.5 Å². The summed E-state index contributed by atoms with van der Waals surface area (Å²) < 4.78 is 2.23. The van der Waals surface area contributed by atoms with Gasteiger partial charge in [-0.15, -0.1) is 11.6 Å². The molecule has 0 N–H and O–H groups in total. The Labute approximate surface area is 119 Å². The van der Waals surface area contributed by atoms with Gasteiger partial charge in [0, 0.05) is 12.7 Å². The van der Waals surface area contributed by atoms with E-state index in [0.717, 1.165) is 23.5 Å². The van der Waals surface area contributed by atoms with Crippen molar-refractivity contribution in [1.29, 1.82) is 0 Å². The molecule has 1 fully saturated rings. The van der Waals surface area contributed by atoms with Crippen LogP contribution in [-0.4, -0.2) is 14.5 Å². The zero-order valence-corrected chi connectivity index (χ0v) is 12.3. The minimum absolute atomic E-state index is 0.0841. The molecule has 3 nitrogen and oxygen atoms in total. The predicted octanol–water partition coefficient (Wildman–Crippen LogP) is 4.31. The summed E-state index contributed by atoms with van der Waals surface area (Å²) in [6.07, 6.45) is 7.08. The summed E-state index contributed by atoms with van der Waals surface area (Å²) in [5, 5.41) is -0.0841. The Morgan fingerprint density at radius 1 is 1.42 bits per heavy atom. The number of pyridine rings is 1. The normalized spacial score (nSPS) is 19.9. The molecule has 0 aromatic carbocycles. The smallest absolute Gasteiger partial charge is 0.160 e. The van der Waals surface area contributed by atoms with Gasteiger partial charge in [-0.1, -0.05) is 19.8 Å². The van der Waals surface area contributed by atoms with Crippen molar-refractivity contribution in [1.82, 2.24) is 14.5 Å². The van der Waals surface area contributed by atoms with Crippen LogP contribution in [0.3, 0.4) is 0 Å². The van der Waals surface area contributed by atoms with Crippen LogP contribution in [0.1, 0.15) is 50.7 Å². The van der Waals surface area contributed by atoms with E-state index in [9.17, 15) is 0 Å². The van der Waals surface area contributed by atoms with Crippen LogP contribution >= 0.6 is 11.6 Å². The van der Waals surface area contributed by atoms with E-state index in [-0.39, 0.29) is 5.38 Å². The van der Waals surface area contributed by atoms with Crippen LogP contribution in [0.4, 0.5) is 0 Å². The Kier molecular flexibility index (Phi) is 3.25. The molecule has 0 spiro atoms. The maximum Gasteiger partial charge on any atom is 0.160 e. The van der Waals surface area contributed by atoms with Gasteiger partial charge in [-0.25, -0.2) is 9.97 Å². The fourth-order valence-corrected chi connectivity index (χ4v) is 3.37. The lowest BCUT2D eigenvalue weighted by Crippen LogP contribution is -2.21. The van der Waals surface area contributed by atoms with Gasteiger partial charge in [0.05, 0.1) is 5.38 Å². The lowest BCUT2D eigenvalue weighted by molar-refractivity contribution is 0.281. The van der Waals surface area contributed by atoms with Crippen molar-refractivity contribution in [2.75, 3.05) is 0 Å². The molecule has 1 saturated carbocycles. The highest BCUT2D eigenvalue weighted by Crippen LogP contribution is 2.40. The Morgan fingerprint density at radius 3 is 2.84 bits per heavy atom. The van der Waals surface area contributed by atoms with Crippen molar-refractivity contribution < 1.29 is 0 Å². The van der Waals surface area contributed by atoms with E-state index in [1.165, 1.54) is 25.7 Å². The van der Waals surface area contributed by atoms with Crippen LogP contribution in [0.2, 0.25) is 0 Å². The number of halogens is 1. The van der Waals surface area contributed by atoms with Crippen molar-refractivity contribution in [3.63, 3.8) is 0 Å². The first kappa shape index (κ1) is 12.9. The van der Waals surface area contributed by atoms with Gasteiger partial charge in [-0.3, -0.25) is 0 Å². The standard InChI is InChI=1S/C15H20ClN3/c1-11(16)13-18-12-6-5-9-17-14(12)19(13)10-15(2)7-3-4-8-15/h5-6,9,11H,3-4,7-8,10H2,1-2H3. The van der Waals surface area contributed by atoms with Gasteiger partial charge in [0.25, 0.3) is 0 Å². The molecule has 0 amide bonds. The molecule has 0 saturated heterocycles. The second-order valence-electron chi connectivity index (χ2n) is 6.04. The maximum absolute atomic E-state index is 6.30. The van der Waals surface area contributed by atoms with Gasteiger partial charge in [0.2, 0.25) is 0 Å². The molecule has 1 aliphatic carbocycles. The number of aromatic nitrogens is 3. The summed E-state index contributed by atoms with van der Waals surface area (Å²) in [5.41, 5.74) is 2.29. The van der Waals surface area contributed by atoms with Gasteiger partial charge >= 0.3 is 0 Å². The molecule has 0 aliphatic heterocycles. The minimum atomic E-state index is -0.0841. The van der Waals surface area contributed by atoms with Gasteiger partial charge in [0.15, 0.2) is 5.65 Å². The van der Waals surface area contributed by atoms with Crippen LogP contribution in [0, 0.1) is 5.41 Å². The van der Waals surface area contributed by atoms with Crippen LogP contribution in [0.5, 0.6) is 0 Å². The summed E-state index contributed by atoms with van der Waals surface area (Å²) >= 11 is 6.30. The highest BCUT2D eigenvalue weighted by Gasteiger charge is 2.31. The van der Waals surface area contributed by atoms with E-state index in [1.54, 1.807) is 0 Å². The molecule has 4 heteroatoms. The molecule has 2 heterocycles. The summed E-state index contributed by atoms with van der Waals surface area (Å²) in [5.74, 6) is 0.948. The van der Waals surface area contributed by atoms with E-state index in [1.807, 2.05) is 25.3 Å². The van der Waals surface area contributed by atoms with E-state index < -0.39 is 0 Å². The first-order valence-electron chi connectivity index (χ1n) is 7.04. The minimum Gasteiger partial charge on any atom is -0.311 e. The molecule has 0 radical (unpaired) electrons. The highest BCUT2D eigenvalue weighted by atomic mass is 35.5. The first-order valence-corrected chi connectivity index (χ1v) is 7.48. The van der Waals surface area contributed by atoms with Crippen LogP contribution < -0.4 is 0 Å². The van der Waals surface area contributed by atoms with E-state index in [0.29, 0.717) is 5.41 Å². The third-order valence-corrected chi connectivity index (χ3v) is 4.43. The molecule has 19 heavy (non-hydrogen) atoms. The molecule has 1 unspecified atom stereocenters. The largest absolute Gasteiger partial charge is 0.311 e. The van der Waals surface area contributed by atoms with Gasteiger partial charge in [0.1, 0.15) is 11.3 Å². The molecule has 1 aliphatic rings. The monoisotopic (exact) mass is 277 g/mol. The Balaban J connectivity index is 2.07. The van der Waals surface area contributed by atoms with Crippen molar-refractivity contribution in [2.45, 2.75) is 51.5 Å². The van der Waals surface area contributed by atoms with Crippen molar-refractivity contribution in [2.24, 2.45) is 5.41 Å². The van der Waals surface area contributed by atoms with Crippen molar-refractivity contribution >= 4 is 22.8 Å². The quantitative estimate of drug-likeness (QED) is 0.783. The van der Waals surface area contributed by atoms with Gasteiger partial charge in [-0.2, -0.15) is 0 Å². The van der Waals surface area contributed by atoms with E-state index >= 15 is 0 Å². The fourth-order valence-electron chi connectivity index (χ4n) is 3.20. The van der Waals surface area contributed by atoms with E-state index in [4.69, 9.17) is 11.6 Å². The van der Waals surface area contributed by atoms with Crippen LogP contribution in [-0.2, 0) is 6.54 Å². The number of hydrogen-bond acceptors (Lipinski definition) is 2. The number of fused-ring (bicyclic) bond motifs is 1. The van der Waals surface area contributed by atoms with Crippen molar-refractivity contribution in [3.8, 4) is 0 Å². The second-order valence-corrected chi connectivity index (χ2v) is 6.69. The molecule has 3 rings (SSSR count). The molecule has 1 atom stereocenters. The SMILES string of the molecule is CC(Cl)c1nc2cccnc2n1CC1(C)CCCC1. The number of alkyl halides is 1. The maximum atomic E-state index is 6.30. The topological polar surface area (TPSA) is 30.7 Å².